The van der Waals surface area contributed by atoms with Crippen LogP contribution in [0.1, 0.15) is 27.2 Å². The third kappa shape index (κ3) is 3.96. The van der Waals surface area contributed by atoms with Gasteiger partial charge in [0, 0.05) is 6.04 Å². The zero-order valence-corrected chi connectivity index (χ0v) is 10.2. The molecule has 1 rings (SSSR count). The maximum absolute atomic E-state index is 6.01. The van der Waals surface area contributed by atoms with Crippen molar-refractivity contribution in [2.45, 2.75) is 33.2 Å². The first-order valence-electron chi connectivity index (χ1n) is 5.16. The Kier molecular flexibility index (Phi) is 4.21. The number of nitrogens with zero attached hydrogens (tertiary/aromatic N) is 1. The molecule has 3 N–H and O–H groups in total. The summed E-state index contributed by atoms with van der Waals surface area (Å²) in [4.78, 5) is 4.16. The molecule has 1 aromatic rings. The van der Waals surface area contributed by atoms with Crippen molar-refractivity contribution in [3.05, 3.63) is 17.3 Å². The monoisotopic (exact) mass is 227 g/mol. The third-order valence-electron chi connectivity index (χ3n) is 2.07. The van der Waals surface area contributed by atoms with Gasteiger partial charge in [-0.25, -0.2) is 4.98 Å². The molecular formula is C11H18ClN3. The molecule has 3 nitrogen and oxygen atoms in total. The summed E-state index contributed by atoms with van der Waals surface area (Å²) in [5.74, 6) is 1.36. The van der Waals surface area contributed by atoms with Gasteiger partial charge in [-0.3, -0.25) is 0 Å². The van der Waals surface area contributed by atoms with Crippen LogP contribution in [-0.2, 0) is 0 Å². The van der Waals surface area contributed by atoms with E-state index in [0.717, 1.165) is 6.42 Å². The zero-order chi connectivity index (χ0) is 11.4. The number of hydrogen-bond acceptors (Lipinski definition) is 3. The van der Waals surface area contributed by atoms with Crippen LogP contribution in [0.15, 0.2) is 12.3 Å². The second-order valence-electron chi connectivity index (χ2n) is 4.27. The molecule has 0 saturated carbocycles. The molecule has 15 heavy (non-hydrogen) atoms. The van der Waals surface area contributed by atoms with Crippen LogP contribution in [0.4, 0.5) is 11.5 Å². The highest BCUT2D eigenvalue weighted by Crippen LogP contribution is 2.22. The quantitative estimate of drug-likeness (QED) is 0.831. The normalized spacial score (nSPS) is 12.9. The van der Waals surface area contributed by atoms with Gasteiger partial charge in [-0.15, -0.1) is 0 Å². The van der Waals surface area contributed by atoms with E-state index in [1.165, 1.54) is 0 Å². The highest BCUT2D eigenvalue weighted by molar-refractivity contribution is 6.33. The van der Waals surface area contributed by atoms with E-state index in [-0.39, 0.29) is 0 Å². The van der Waals surface area contributed by atoms with E-state index in [1.54, 1.807) is 12.3 Å². The fourth-order valence-corrected chi connectivity index (χ4v) is 1.79. The average Bonchev–Trinajstić information content (AvgIpc) is 2.08. The van der Waals surface area contributed by atoms with Crippen molar-refractivity contribution in [2.75, 3.05) is 11.1 Å². The van der Waals surface area contributed by atoms with Gasteiger partial charge in [0.1, 0.15) is 5.82 Å². The van der Waals surface area contributed by atoms with Gasteiger partial charge in [-0.1, -0.05) is 25.4 Å². The fraction of sp³-hybridized carbons (Fsp3) is 0.545. The molecule has 0 aliphatic carbocycles. The number of nitrogen functional groups attached to an aromatic ring is 1. The summed E-state index contributed by atoms with van der Waals surface area (Å²) in [5, 5.41) is 3.84. The lowest BCUT2D eigenvalue weighted by Crippen LogP contribution is -2.18. The van der Waals surface area contributed by atoms with Gasteiger partial charge in [0.15, 0.2) is 0 Å². The van der Waals surface area contributed by atoms with Crippen LogP contribution in [0, 0.1) is 5.92 Å². The lowest BCUT2D eigenvalue weighted by atomic mass is 10.1. The van der Waals surface area contributed by atoms with Crippen LogP contribution < -0.4 is 11.1 Å². The van der Waals surface area contributed by atoms with Crippen LogP contribution in [0.2, 0.25) is 5.02 Å². The molecule has 0 saturated heterocycles. The second-order valence-corrected chi connectivity index (χ2v) is 4.68. The van der Waals surface area contributed by atoms with Crippen molar-refractivity contribution in [3.8, 4) is 0 Å². The molecule has 1 atom stereocenters. The Morgan fingerprint density at radius 1 is 1.47 bits per heavy atom. The average molecular weight is 228 g/mol. The van der Waals surface area contributed by atoms with E-state index < -0.39 is 0 Å². The van der Waals surface area contributed by atoms with E-state index in [4.69, 9.17) is 17.3 Å². The van der Waals surface area contributed by atoms with Crippen LogP contribution in [-0.4, -0.2) is 11.0 Å². The predicted molar refractivity (Wildman–Crippen MR) is 66.2 cm³/mol. The number of pyridine rings is 1. The van der Waals surface area contributed by atoms with E-state index in [2.05, 4.69) is 31.1 Å². The number of nitrogens with two attached hydrogens (primary N) is 1. The molecule has 0 radical (unpaired) electrons. The highest BCUT2D eigenvalue weighted by Gasteiger charge is 2.08. The minimum atomic E-state index is 0.360. The summed E-state index contributed by atoms with van der Waals surface area (Å²) in [6.07, 6.45) is 2.69. The topological polar surface area (TPSA) is 50.9 Å². The van der Waals surface area contributed by atoms with Crippen LogP contribution in [0.3, 0.4) is 0 Å². The van der Waals surface area contributed by atoms with Crippen molar-refractivity contribution in [1.29, 1.82) is 0 Å². The Morgan fingerprint density at radius 3 is 2.67 bits per heavy atom. The minimum Gasteiger partial charge on any atom is -0.397 e. The summed E-state index contributed by atoms with van der Waals surface area (Å²) in [6, 6.07) is 2.07. The summed E-state index contributed by atoms with van der Waals surface area (Å²) in [6.45, 7) is 6.50. The molecule has 0 amide bonds. The Bertz CT molecular complexity index is 326. The number of nitrogens with one attached hydrogen (secondary N) is 1. The molecular weight excluding hydrogens is 210 g/mol. The fourth-order valence-electron chi connectivity index (χ4n) is 1.56. The van der Waals surface area contributed by atoms with E-state index in [0.29, 0.717) is 28.5 Å². The Labute approximate surface area is 96.0 Å². The summed E-state index contributed by atoms with van der Waals surface area (Å²) >= 11 is 6.01. The van der Waals surface area contributed by atoms with Crippen molar-refractivity contribution in [1.82, 2.24) is 4.98 Å². The van der Waals surface area contributed by atoms with Gasteiger partial charge >= 0.3 is 0 Å². The van der Waals surface area contributed by atoms with Gasteiger partial charge in [-0.2, -0.15) is 0 Å². The summed E-state index contributed by atoms with van der Waals surface area (Å²) in [5.41, 5.74) is 6.15. The minimum absolute atomic E-state index is 0.360. The molecule has 0 aliphatic rings. The third-order valence-corrected chi connectivity index (χ3v) is 2.36. The number of hydrogen-bond donors (Lipinski definition) is 2. The summed E-state index contributed by atoms with van der Waals surface area (Å²) in [7, 11) is 0. The zero-order valence-electron chi connectivity index (χ0n) is 9.42. The number of aromatic nitrogens is 1. The van der Waals surface area contributed by atoms with Crippen LogP contribution >= 0.6 is 11.6 Å². The summed E-state index contributed by atoms with van der Waals surface area (Å²) < 4.78 is 0. The maximum atomic E-state index is 6.01. The molecule has 1 aromatic heterocycles. The molecule has 4 heteroatoms. The number of halogens is 1. The molecule has 0 spiro atoms. The Balaban J connectivity index is 2.64. The standard InChI is InChI=1S/C11H18ClN3/c1-7(2)4-8(3)15-11-10(12)5-9(13)6-14-11/h5-8H,4,13H2,1-3H3,(H,14,15). The van der Waals surface area contributed by atoms with Crippen LogP contribution in [0.25, 0.3) is 0 Å². The first-order valence-corrected chi connectivity index (χ1v) is 5.54. The lowest BCUT2D eigenvalue weighted by Gasteiger charge is -2.17. The van der Waals surface area contributed by atoms with Gasteiger partial charge < -0.3 is 11.1 Å². The van der Waals surface area contributed by atoms with Gasteiger partial charge in [0.2, 0.25) is 0 Å². The van der Waals surface area contributed by atoms with Crippen molar-refractivity contribution in [3.63, 3.8) is 0 Å². The van der Waals surface area contributed by atoms with Gasteiger partial charge in [0.25, 0.3) is 0 Å². The van der Waals surface area contributed by atoms with E-state index >= 15 is 0 Å². The molecule has 0 aliphatic heterocycles. The van der Waals surface area contributed by atoms with Crippen molar-refractivity contribution in [2.24, 2.45) is 5.92 Å². The number of anilines is 2. The second kappa shape index (κ2) is 5.21. The van der Waals surface area contributed by atoms with Gasteiger partial charge in [0.05, 0.1) is 16.9 Å². The molecule has 84 valence electrons. The molecule has 1 unspecified atom stereocenters. The molecule has 0 aromatic carbocycles. The maximum Gasteiger partial charge on any atom is 0.145 e. The van der Waals surface area contributed by atoms with Gasteiger partial charge in [-0.05, 0) is 25.3 Å². The number of rotatable bonds is 4. The molecule has 1 heterocycles. The first kappa shape index (κ1) is 12.1. The van der Waals surface area contributed by atoms with E-state index in [9.17, 15) is 0 Å². The highest BCUT2D eigenvalue weighted by atomic mass is 35.5. The molecule has 0 fully saturated rings. The lowest BCUT2D eigenvalue weighted by molar-refractivity contribution is 0.539. The largest absolute Gasteiger partial charge is 0.397 e. The SMILES string of the molecule is CC(C)CC(C)Nc1ncc(N)cc1Cl. The van der Waals surface area contributed by atoms with E-state index in [1.807, 2.05) is 0 Å². The Morgan fingerprint density at radius 2 is 2.13 bits per heavy atom. The molecule has 0 bridgehead atoms. The smallest absolute Gasteiger partial charge is 0.145 e. The van der Waals surface area contributed by atoms with Crippen molar-refractivity contribution >= 4 is 23.1 Å². The Hall–Kier alpha value is -0.960. The van der Waals surface area contributed by atoms with Crippen LogP contribution in [0.5, 0.6) is 0 Å². The first-order chi connectivity index (χ1) is 6.99. The van der Waals surface area contributed by atoms with Crippen molar-refractivity contribution < 1.29 is 0 Å². The predicted octanol–water partition coefficient (Wildman–Crippen LogP) is 3.16.